The Morgan fingerprint density at radius 1 is 1.15 bits per heavy atom. The maximum absolute atomic E-state index is 11.4. The summed E-state index contributed by atoms with van der Waals surface area (Å²) in [7, 11) is 0. The first-order valence-electron chi connectivity index (χ1n) is 7.11. The van der Waals surface area contributed by atoms with E-state index in [1.54, 1.807) is 12.1 Å². The van der Waals surface area contributed by atoms with Gasteiger partial charge in [-0.3, -0.25) is 0 Å². The van der Waals surface area contributed by atoms with Gasteiger partial charge in [-0.25, -0.2) is 4.79 Å². The van der Waals surface area contributed by atoms with Crippen LogP contribution in [-0.4, -0.2) is 23.3 Å². The Labute approximate surface area is 121 Å². The number of hydrogen-bond acceptors (Lipinski definition) is 3. The minimum absolute atomic E-state index is 0.301. The molecular formula is C16H25NO3. The molecule has 0 unspecified atom stereocenters. The fraction of sp³-hybridized carbons (Fsp3) is 0.562. The molecule has 4 heteroatoms. The van der Waals surface area contributed by atoms with Gasteiger partial charge in [-0.2, -0.15) is 0 Å². The van der Waals surface area contributed by atoms with Crippen molar-refractivity contribution in [2.24, 2.45) is 0 Å². The Kier molecular flexibility index (Phi) is 6.36. The van der Waals surface area contributed by atoms with Gasteiger partial charge in [0.1, 0.15) is 11.4 Å². The first-order valence-corrected chi connectivity index (χ1v) is 7.11. The summed E-state index contributed by atoms with van der Waals surface area (Å²) in [6.45, 7) is 6.20. The van der Waals surface area contributed by atoms with Crippen molar-refractivity contribution >= 4 is 6.09 Å². The van der Waals surface area contributed by atoms with Gasteiger partial charge in [0.15, 0.2) is 0 Å². The normalized spacial score (nSPS) is 11.2. The molecular weight excluding hydrogens is 254 g/mol. The zero-order valence-corrected chi connectivity index (χ0v) is 12.6. The lowest BCUT2D eigenvalue weighted by Crippen LogP contribution is -2.32. The molecule has 0 aliphatic rings. The Hall–Kier alpha value is -1.71. The molecule has 0 aliphatic heterocycles. The van der Waals surface area contributed by atoms with Gasteiger partial charge in [0.2, 0.25) is 0 Å². The number of carbonyl (C=O) groups is 1. The van der Waals surface area contributed by atoms with Crippen LogP contribution < -0.4 is 5.32 Å². The number of nitrogens with one attached hydrogen (secondary N) is 1. The summed E-state index contributed by atoms with van der Waals surface area (Å²) in [6.07, 6.45) is 3.71. The fourth-order valence-electron chi connectivity index (χ4n) is 1.80. The highest BCUT2D eigenvalue weighted by atomic mass is 16.6. The standard InChI is InChI=1S/C16H25NO3/c1-16(2,3)20-15(19)17-12-6-4-5-7-13-8-10-14(18)11-9-13/h8-11,18H,4-7,12H2,1-3H3,(H,17,19). The fourth-order valence-corrected chi connectivity index (χ4v) is 1.80. The third-order valence-corrected chi connectivity index (χ3v) is 2.75. The zero-order valence-electron chi connectivity index (χ0n) is 12.6. The van der Waals surface area contributed by atoms with Crippen LogP contribution in [0.15, 0.2) is 24.3 Å². The van der Waals surface area contributed by atoms with E-state index in [1.807, 2.05) is 32.9 Å². The maximum Gasteiger partial charge on any atom is 0.407 e. The van der Waals surface area contributed by atoms with Crippen LogP contribution >= 0.6 is 0 Å². The quantitative estimate of drug-likeness (QED) is 0.782. The summed E-state index contributed by atoms with van der Waals surface area (Å²) in [6, 6.07) is 7.29. The molecule has 0 saturated heterocycles. The number of phenols is 1. The minimum Gasteiger partial charge on any atom is -0.508 e. The molecule has 20 heavy (non-hydrogen) atoms. The summed E-state index contributed by atoms with van der Waals surface area (Å²) in [5, 5.41) is 11.9. The smallest absolute Gasteiger partial charge is 0.407 e. The Bertz CT molecular complexity index is 407. The van der Waals surface area contributed by atoms with Crippen LogP contribution in [0.5, 0.6) is 5.75 Å². The van der Waals surface area contributed by atoms with Gasteiger partial charge in [-0.15, -0.1) is 0 Å². The van der Waals surface area contributed by atoms with E-state index in [4.69, 9.17) is 4.74 Å². The second-order valence-corrected chi connectivity index (χ2v) is 5.91. The maximum atomic E-state index is 11.4. The van der Waals surface area contributed by atoms with E-state index in [0.29, 0.717) is 12.3 Å². The van der Waals surface area contributed by atoms with Gasteiger partial charge in [0, 0.05) is 6.54 Å². The van der Waals surface area contributed by atoms with E-state index in [1.165, 1.54) is 5.56 Å². The van der Waals surface area contributed by atoms with Gasteiger partial charge >= 0.3 is 6.09 Å². The number of aryl methyl sites for hydroxylation is 1. The predicted molar refractivity (Wildman–Crippen MR) is 79.9 cm³/mol. The van der Waals surface area contributed by atoms with Crippen molar-refractivity contribution in [1.82, 2.24) is 5.32 Å². The zero-order chi connectivity index (χ0) is 15.0. The molecule has 0 bridgehead atoms. The molecule has 0 heterocycles. The number of benzene rings is 1. The highest BCUT2D eigenvalue weighted by Gasteiger charge is 2.15. The van der Waals surface area contributed by atoms with E-state index in [0.717, 1.165) is 25.7 Å². The van der Waals surface area contributed by atoms with E-state index in [-0.39, 0.29) is 6.09 Å². The first kappa shape index (κ1) is 16.3. The molecule has 1 aromatic rings. The Morgan fingerprint density at radius 2 is 1.80 bits per heavy atom. The topological polar surface area (TPSA) is 58.6 Å². The molecule has 0 atom stereocenters. The minimum atomic E-state index is -0.442. The number of ether oxygens (including phenoxy) is 1. The van der Waals surface area contributed by atoms with Crippen molar-refractivity contribution in [3.8, 4) is 5.75 Å². The van der Waals surface area contributed by atoms with Crippen molar-refractivity contribution in [3.05, 3.63) is 29.8 Å². The van der Waals surface area contributed by atoms with E-state index >= 15 is 0 Å². The molecule has 0 aliphatic carbocycles. The number of aromatic hydroxyl groups is 1. The summed E-state index contributed by atoms with van der Waals surface area (Å²) < 4.78 is 5.15. The monoisotopic (exact) mass is 279 g/mol. The van der Waals surface area contributed by atoms with Gasteiger partial charge in [0.05, 0.1) is 0 Å². The third kappa shape index (κ3) is 7.67. The van der Waals surface area contributed by atoms with Crippen LogP contribution in [0.1, 0.15) is 45.6 Å². The highest BCUT2D eigenvalue weighted by molar-refractivity contribution is 5.67. The number of unbranched alkanes of at least 4 members (excludes halogenated alkanes) is 2. The summed E-state index contributed by atoms with van der Waals surface area (Å²) in [4.78, 5) is 11.4. The lowest BCUT2D eigenvalue weighted by molar-refractivity contribution is 0.0527. The number of amides is 1. The van der Waals surface area contributed by atoms with Crippen molar-refractivity contribution in [1.29, 1.82) is 0 Å². The van der Waals surface area contributed by atoms with Crippen LogP contribution in [0.25, 0.3) is 0 Å². The molecule has 0 fully saturated rings. The van der Waals surface area contributed by atoms with Crippen molar-refractivity contribution in [2.45, 2.75) is 52.1 Å². The number of carbonyl (C=O) groups excluding carboxylic acids is 1. The molecule has 0 aromatic heterocycles. The van der Waals surface area contributed by atoms with E-state index in [9.17, 15) is 9.90 Å². The number of alkyl carbamates (subject to hydrolysis) is 1. The van der Waals surface area contributed by atoms with Crippen LogP contribution in [0.4, 0.5) is 4.79 Å². The van der Waals surface area contributed by atoms with Gasteiger partial charge in [0.25, 0.3) is 0 Å². The van der Waals surface area contributed by atoms with Crippen molar-refractivity contribution < 1.29 is 14.6 Å². The number of hydrogen-bond donors (Lipinski definition) is 2. The lowest BCUT2D eigenvalue weighted by atomic mass is 10.1. The van der Waals surface area contributed by atoms with Crippen molar-refractivity contribution in [2.75, 3.05) is 6.54 Å². The molecule has 0 saturated carbocycles. The van der Waals surface area contributed by atoms with Crippen molar-refractivity contribution in [3.63, 3.8) is 0 Å². The van der Waals surface area contributed by atoms with Gasteiger partial charge in [-0.05, 0) is 57.7 Å². The molecule has 0 spiro atoms. The molecule has 1 amide bonds. The van der Waals surface area contributed by atoms with Crippen LogP contribution in [0.3, 0.4) is 0 Å². The number of phenolic OH excluding ortho intramolecular Hbond substituents is 1. The SMILES string of the molecule is CC(C)(C)OC(=O)NCCCCCc1ccc(O)cc1. The lowest BCUT2D eigenvalue weighted by Gasteiger charge is -2.19. The second-order valence-electron chi connectivity index (χ2n) is 5.91. The van der Waals surface area contributed by atoms with Gasteiger partial charge < -0.3 is 15.2 Å². The first-order chi connectivity index (χ1) is 9.37. The molecule has 0 radical (unpaired) electrons. The molecule has 4 nitrogen and oxygen atoms in total. The summed E-state index contributed by atoms with van der Waals surface area (Å²) >= 11 is 0. The largest absolute Gasteiger partial charge is 0.508 e. The molecule has 112 valence electrons. The Morgan fingerprint density at radius 3 is 2.40 bits per heavy atom. The van der Waals surface area contributed by atoms with Crippen LogP contribution in [0, 0.1) is 0 Å². The Balaban J connectivity index is 2.05. The second kappa shape index (κ2) is 7.78. The average Bonchev–Trinajstić information content (AvgIpc) is 2.33. The third-order valence-electron chi connectivity index (χ3n) is 2.75. The molecule has 1 aromatic carbocycles. The van der Waals surface area contributed by atoms with E-state index in [2.05, 4.69) is 5.32 Å². The average molecular weight is 279 g/mol. The van der Waals surface area contributed by atoms with E-state index < -0.39 is 5.60 Å². The highest BCUT2D eigenvalue weighted by Crippen LogP contribution is 2.12. The van der Waals surface area contributed by atoms with Crippen LogP contribution in [0.2, 0.25) is 0 Å². The van der Waals surface area contributed by atoms with Gasteiger partial charge in [-0.1, -0.05) is 18.6 Å². The predicted octanol–water partition coefficient (Wildman–Crippen LogP) is 3.63. The molecule has 2 N–H and O–H groups in total. The molecule has 1 rings (SSSR count). The van der Waals surface area contributed by atoms with Crippen LogP contribution in [-0.2, 0) is 11.2 Å². The number of rotatable bonds is 6. The summed E-state index contributed by atoms with van der Waals surface area (Å²) in [5.74, 6) is 0.301. The summed E-state index contributed by atoms with van der Waals surface area (Å²) in [5.41, 5.74) is 0.783.